The molecule has 10 heteroatoms. The molecule has 0 fully saturated rings. The van der Waals surface area contributed by atoms with Crippen LogP contribution in [0.25, 0.3) is 0 Å². The van der Waals surface area contributed by atoms with Crippen LogP contribution in [-0.2, 0) is 11.3 Å². The van der Waals surface area contributed by atoms with E-state index < -0.39 is 0 Å². The Kier molecular flexibility index (Phi) is 8.88. The lowest BCUT2D eigenvalue weighted by molar-refractivity contribution is -0.113. The maximum Gasteiger partial charge on any atom is 0.234 e. The zero-order valence-electron chi connectivity index (χ0n) is 18.8. The molecule has 176 valence electrons. The molecule has 33 heavy (non-hydrogen) atoms. The number of methoxy groups -OCH3 is 1. The molecule has 0 aliphatic heterocycles. The molecular weight excluding hydrogens is 483 g/mol. The number of rotatable bonds is 10. The number of ether oxygens (including phenoxy) is 2. The number of carbonyl (C=O) groups excluding carboxylic acids is 1. The van der Waals surface area contributed by atoms with Crippen molar-refractivity contribution in [2.45, 2.75) is 38.6 Å². The predicted octanol–water partition coefficient (Wildman–Crippen LogP) is 6.12. The van der Waals surface area contributed by atoms with E-state index in [9.17, 15) is 4.79 Å². The lowest BCUT2D eigenvalue weighted by Gasteiger charge is -2.19. The summed E-state index contributed by atoms with van der Waals surface area (Å²) in [5.41, 5.74) is 0.470. The second-order valence-electron chi connectivity index (χ2n) is 7.72. The second-order valence-corrected chi connectivity index (χ2v) is 9.50. The SMILES string of the molecule is COc1ccccc1OC(C)c1nnc(SCC(=O)Nc2cc(Cl)ccc2Cl)n1CC(C)C. The Morgan fingerprint density at radius 3 is 2.55 bits per heavy atom. The summed E-state index contributed by atoms with van der Waals surface area (Å²) >= 11 is 13.4. The Hall–Kier alpha value is -2.42. The van der Waals surface area contributed by atoms with Crippen LogP contribution >= 0.6 is 35.0 Å². The maximum atomic E-state index is 12.5. The zero-order chi connectivity index (χ0) is 24.0. The summed E-state index contributed by atoms with van der Waals surface area (Å²) in [7, 11) is 1.60. The Balaban J connectivity index is 1.73. The first-order chi connectivity index (χ1) is 15.8. The first kappa shape index (κ1) is 25.2. The van der Waals surface area contributed by atoms with Gasteiger partial charge in [0.1, 0.15) is 0 Å². The molecule has 0 radical (unpaired) electrons. The van der Waals surface area contributed by atoms with Crippen molar-refractivity contribution >= 4 is 46.6 Å². The van der Waals surface area contributed by atoms with Gasteiger partial charge in [-0.3, -0.25) is 4.79 Å². The second kappa shape index (κ2) is 11.6. The lowest BCUT2D eigenvalue weighted by Crippen LogP contribution is -2.17. The van der Waals surface area contributed by atoms with Gasteiger partial charge >= 0.3 is 0 Å². The van der Waals surface area contributed by atoms with Crippen LogP contribution in [0.4, 0.5) is 5.69 Å². The van der Waals surface area contributed by atoms with Gasteiger partial charge in [0.15, 0.2) is 28.6 Å². The van der Waals surface area contributed by atoms with Crippen molar-refractivity contribution in [1.29, 1.82) is 0 Å². The summed E-state index contributed by atoms with van der Waals surface area (Å²) in [6.07, 6.45) is -0.374. The molecule has 3 rings (SSSR count). The highest BCUT2D eigenvalue weighted by Crippen LogP contribution is 2.32. The van der Waals surface area contributed by atoms with E-state index in [1.54, 1.807) is 25.3 Å². The van der Waals surface area contributed by atoms with E-state index in [1.807, 2.05) is 35.8 Å². The van der Waals surface area contributed by atoms with Crippen molar-refractivity contribution in [2.24, 2.45) is 5.92 Å². The summed E-state index contributed by atoms with van der Waals surface area (Å²) < 4.78 is 13.5. The van der Waals surface area contributed by atoms with Crippen LogP contribution in [0.5, 0.6) is 11.5 Å². The Morgan fingerprint density at radius 2 is 1.85 bits per heavy atom. The van der Waals surface area contributed by atoms with E-state index in [0.717, 1.165) is 0 Å². The number of benzene rings is 2. The zero-order valence-corrected chi connectivity index (χ0v) is 21.2. The molecule has 0 aliphatic rings. The topological polar surface area (TPSA) is 78.3 Å². The first-order valence-electron chi connectivity index (χ1n) is 10.4. The molecule has 7 nitrogen and oxygen atoms in total. The molecule has 3 aromatic rings. The molecule has 0 spiro atoms. The van der Waals surface area contributed by atoms with Gasteiger partial charge in [-0.2, -0.15) is 0 Å². The molecule has 1 unspecified atom stereocenters. The molecule has 0 bridgehead atoms. The van der Waals surface area contributed by atoms with Gasteiger partial charge in [-0.1, -0.05) is 60.9 Å². The van der Waals surface area contributed by atoms with Crippen LogP contribution in [0.2, 0.25) is 10.0 Å². The van der Waals surface area contributed by atoms with Gasteiger partial charge in [0.05, 0.1) is 23.6 Å². The third kappa shape index (κ3) is 6.79. The molecule has 1 atom stereocenters. The van der Waals surface area contributed by atoms with E-state index in [1.165, 1.54) is 11.8 Å². The number of nitrogens with zero attached hydrogens (tertiary/aromatic N) is 3. The van der Waals surface area contributed by atoms with Crippen molar-refractivity contribution in [3.63, 3.8) is 0 Å². The fourth-order valence-corrected chi connectivity index (χ4v) is 4.20. The van der Waals surface area contributed by atoms with Crippen molar-refractivity contribution in [3.8, 4) is 11.5 Å². The van der Waals surface area contributed by atoms with Crippen molar-refractivity contribution < 1.29 is 14.3 Å². The molecule has 2 aromatic carbocycles. The lowest BCUT2D eigenvalue weighted by atomic mass is 10.2. The van der Waals surface area contributed by atoms with Crippen molar-refractivity contribution in [3.05, 3.63) is 58.3 Å². The van der Waals surface area contributed by atoms with Crippen molar-refractivity contribution in [2.75, 3.05) is 18.2 Å². The normalized spacial score (nSPS) is 12.0. The number of thioether (sulfide) groups is 1. The average molecular weight is 509 g/mol. The van der Waals surface area contributed by atoms with Gasteiger partial charge in [-0.25, -0.2) is 0 Å². The molecule has 0 aliphatic carbocycles. The number of carbonyl (C=O) groups is 1. The number of amides is 1. The van der Waals surface area contributed by atoms with Crippen LogP contribution in [0.1, 0.15) is 32.7 Å². The van der Waals surface area contributed by atoms with Gasteiger partial charge in [-0.15, -0.1) is 10.2 Å². The van der Waals surface area contributed by atoms with E-state index in [2.05, 4.69) is 29.4 Å². The van der Waals surface area contributed by atoms with Crippen LogP contribution < -0.4 is 14.8 Å². The van der Waals surface area contributed by atoms with E-state index >= 15 is 0 Å². The van der Waals surface area contributed by atoms with Gasteiger partial charge in [0, 0.05) is 11.6 Å². The summed E-state index contributed by atoms with van der Waals surface area (Å²) in [5.74, 6) is 2.21. The molecule has 1 amide bonds. The van der Waals surface area contributed by atoms with E-state index in [4.69, 9.17) is 32.7 Å². The highest BCUT2D eigenvalue weighted by molar-refractivity contribution is 7.99. The minimum absolute atomic E-state index is 0.140. The average Bonchev–Trinajstić information content (AvgIpc) is 3.17. The predicted molar refractivity (Wildman–Crippen MR) is 133 cm³/mol. The standard InChI is InChI=1S/C23H26Cl2N4O3S/c1-14(2)12-29-22(15(3)32-20-8-6-5-7-19(20)31-4)27-28-23(29)33-13-21(30)26-18-11-16(24)9-10-17(18)25/h5-11,14-15H,12-13H2,1-4H3,(H,26,30). The third-order valence-corrected chi connectivity index (χ3v) is 6.10. The highest BCUT2D eigenvalue weighted by atomic mass is 35.5. The fourth-order valence-electron chi connectivity index (χ4n) is 3.11. The van der Waals surface area contributed by atoms with Gasteiger partial charge in [0.2, 0.25) is 5.91 Å². The van der Waals surface area contributed by atoms with E-state index in [0.29, 0.717) is 50.7 Å². The van der Waals surface area contributed by atoms with Gasteiger partial charge < -0.3 is 19.4 Å². The summed E-state index contributed by atoms with van der Waals surface area (Å²) in [6, 6.07) is 12.4. The number of anilines is 1. The Labute approximate surface area is 207 Å². The van der Waals surface area contributed by atoms with Crippen LogP contribution in [0, 0.1) is 5.92 Å². The fraction of sp³-hybridized carbons (Fsp3) is 0.348. The minimum atomic E-state index is -0.374. The molecule has 1 N–H and O–H groups in total. The number of nitrogens with one attached hydrogen (secondary N) is 1. The van der Waals surface area contributed by atoms with Gasteiger partial charge in [-0.05, 0) is 43.2 Å². The van der Waals surface area contributed by atoms with Crippen molar-refractivity contribution in [1.82, 2.24) is 14.8 Å². The summed E-state index contributed by atoms with van der Waals surface area (Å²) in [6.45, 7) is 6.82. The molecule has 1 heterocycles. The quantitative estimate of drug-likeness (QED) is 0.332. The Morgan fingerprint density at radius 1 is 1.12 bits per heavy atom. The number of aromatic nitrogens is 3. The monoisotopic (exact) mass is 508 g/mol. The minimum Gasteiger partial charge on any atom is -0.493 e. The maximum absolute atomic E-state index is 12.5. The smallest absolute Gasteiger partial charge is 0.234 e. The molecule has 1 aromatic heterocycles. The third-order valence-electron chi connectivity index (χ3n) is 4.56. The Bertz CT molecular complexity index is 1110. The van der Waals surface area contributed by atoms with Gasteiger partial charge in [0.25, 0.3) is 0 Å². The molecular formula is C23H26Cl2N4O3S. The van der Waals surface area contributed by atoms with Crippen LogP contribution in [0.3, 0.4) is 0 Å². The summed E-state index contributed by atoms with van der Waals surface area (Å²) in [4.78, 5) is 12.5. The van der Waals surface area contributed by atoms with Crippen LogP contribution in [0.15, 0.2) is 47.6 Å². The first-order valence-corrected chi connectivity index (χ1v) is 12.1. The van der Waals surface area contributed by atoms with E-state index in [-0.39, 0.29) is 17.8 Å². The number of halogens is 2. The van der Waals surface area contributed by atoms with Crippen LogP contribution in [-0.4, -0.2) is 33.5 Å². The highest BCUT2D eigenvalue weighted by Gasteiger charge is 2.22. The largest absolute Gasteiger partial charge is 0.493 e. The molecule has 0 saturated heterocycles. The summed E-state index contributed by atoms with van der Waals surface area (Å²) in [5, 5.41) is 13.0. The molecule has 0 saturated carbocycles. The number of hydrogen-bond donors (Lipinski definition) is 1. The number of hydrogen-bond acceptors (Lipinski definition) is 6. The number of para-hydroxylation sites is 2.